The second-order valence-corrected chi connectivity index (χ2v) is 3.80. The van der Waals surface area contributed by atoms with Crippen LogP contribution in [0, 0.1) is 5.92 Å². The summed E-state index contributed by atoms with van der Waals surface area (Å²) in [4.78, 5) is 31.6. The first-order valence-corrected chi connectivity index (χ1v) is 4.96. The molecule has 1 aliphatic rings. The quantitative estimate of drug-likeness (QED) is 0.569. The van der Waals surface area contributed by atoms with E-state index in [0.717, 1.165) is 0 Å². The monoisotopic (exact) mass is 236 g/mol. The molecule has 6 N–H and O–H groups in total. The Labute approximate surface area is 96.8 Å². The average Bonchev–Trinajstić information content (AvgIpc) is 2.61. The summed E-state index contributed by atoms with van der Waals surface area (Å²) >= 11 is 0. The number of rotatable bonds is 2. The molecule has 1 atom stereocenters. The van der Waals surface area contributed by atoms with Gasteiger partial charge in [0.05, 0.1) is 5.92 Å². The third kappa shape index (κ3) is 1.84. The summed E-state index contributed by atoms with van der Waals surface area (Å²) in [5, 5.41) is 0. The minimum Gasteiger partial charge on any atom is -0.382 e. The van der Waals surface area contributed by atoms with Crippen molar-refractivity contribution >= 4 is 29.1 Å². The lowest BCUT2D eigenvalue weighted by Gasteiger charge is -2.18. The molecular formula is C9H12N6O2. The Morgan fingerprint density at radius 2 is 1.94 bits per heavy atom. The highest BCUT2D eigenvalue weighted by molar-refractivity contribution is 6.03. The Morgan fingerprint density at radius 1 is 1.35 bits per heavy atom. The van der Waals surface area contributed by atoms with Crippen LogP contribution >= 0.6 is 0 Å². The molecule has 0 spiro atoms. The van der Waals surface area contributed by atoms with E-state index in [0.29, 0.717) is 0 Å². The number of nitrogens with zero attached hydrogens (tertiary/aromatic N) is 3. The number of carbonyl (C=O) groups is 2. The maximum Gasteiger partial charge on any atom is 0.228 e. The van der Waals surface area contributed by atoms with E-state index in [4.69, 9.17) is 17.2 Å². The van der Waals surface area contributed by atoms with Crippen molar-refractivity contribution in [1.29, 1.82) is 0 Å². The van der Waals surface area contributed by atoms with Crippen molar-refractivity contribution in [3.63, 3.8) is 0 Å². The number of anilines is 3. The smallest absolute Gasteiger partial charge is 0.228 e. The molecule has 2 amide bonds. The Bertz CT molecular complexity index is 468. The van der Waals surface area contributed by atoms with Crippen LogP contribution in [0.15, 0.2) is 6.33 Å². The Morgan fingerprint density at radius 3 is 2.41 bits per heavy atom. The third-order valence-electron chi connectivity index (χ3n) is 2.68. The summed E-state index contributed by atoms with van der Waals surface area (Å²) in [7, 11) is 0. The number of amides is 2. The summed E-state index contributed by atoms with van der Waals surface area (Å²) < 4.78 is 0. The van der Waals surface area contributed by atoms with Gasteiger partial charge in [-0.3, -0.25) is 9.59 Å². The molecule has 8 nitrogen and oxygen atoms in total. The Kier molecular flexibility index (Phi) is 2.54. The first kappa shape index (κ1) is 11.1. The van der Waals surface area contributed by atoms with Crippen LogP contribution in [-0.2, 0) is 9.59 Å². The second kappa shape index (κ2) is 3.89. The van der Waals surface area contributed by atoms with E-state index >= 15 is 0 Å². The lowest BCUT2D eigenvalue weighted by atomic mass is 10.1. The van der Waals surface area contributed by atoms with E-state index in [9.17, 15) is 9.59 Å². The molecule has 8 heteroatoms. The number of primary amides is 1. The predicted octanol–water partition coefficient (Wildman–Crippen LogP) is -1.52. The van der Waals surface area contributed by atoms with Gasteiger partial charge in [0.1, 0.15) is 12.0 Å². The molecule has 1 aromatic heterocycles. The van der Waals surface area contributed by atoms with Gasteiger partial charge in [-0.15, -0.1) is 0 Å². The maximum absolute atomic E-state index is 11.7. The molecule has 0 aliphatic carbocycles. The summed E-state index contributed by atoms with van der Waals surface area (Å²) in [5.41, 5.74) is 16.7. The molecule has 17 heavy (non-hydrogen) atoms. The van der Waals surface area contributed by atoms with Crippen molar-refractivity contribution in [2.75, 3.05) is 22.9 Å². The lowest BCUT2D eigenvalue weighted by Crippen LogP contribution is -2.30. The second-order valence-electron chi connectivity index (χ2n) is 3.80. The van der Waals surface area contributed by atoms with Crippen LogP contribution in [0.2, 0.25) is 0 Å². The van der Waals surface area contributed by atoms with Gasteiger partial charge in [-0.2, -0.15) is 0 Å². The van der Waals surface area contributed by atoms with Crippen molar-refractivity contribution in [2.45, 2.75) is 6.42 Å². The van der Waals surface area contributed by atoms with Gasteiger partial charge in [0.2, 0.25) is 11.8 Å². The molecule has 0 saturated carbocycles. The van der Waals surface area contributed by atoms with Crippen LogP contribution in [0.25, 0.3) is 0 Å². The van der Waals surface area contributed by atoms with Gasteiger partial charge in [-0.25, -0.2) is 9.97 Å². The van der Waals surface area contributed by atoms with Crippen LogP contribution in [0.5, 0.6) is 0 Å². The van der Waals surface area contributed by atoms with Crippen molar-refractivity contribution in [3.05, 3.63) is 6.33 Å². The van der Waals surface area contributed by atoms with Gasteiger partial charge >= 0.3 is 0 Å². The third-order valence-corrected chi connectivity index (χ3v) is 2.68. The number of nitrogens with two attached hydrogens (primary N) is 3. The summed E-state index contributed by atoms with van der Waals surface area (Å²) in [6.07, 6.45) is 1.27. The van der Waals surface area contributed by atoms with Crippen LogP contribution in [0.4, 0.5) is 17.3 Å². The zero-order valence-corrected chi connectivity index (χ0v) is 8.96. The van der Waals surface area contributed by atoms with E-state index in [1.54, 1.807) is 0 Å². The molecule has 90 valence electrons. The first-order chi connectivity index (χ1) is 8.00. The summed E-state index contributed by atoms with van der Waals surface area (Å²) in [6.45, 7) is 0.163. The topological polar surface area (TPSA) is 141 Å². The Hall–Kier alpha value is -2.38. The normalized spacial score (nSPS) is 19.6. The fourth-order valence-electron chi connectivity index (χ4n) is 1.80. The highest BCUT2D eigenvalue weighted by Crippen LogP contribution is 2.31. The van der Waals surface area contributed by atoms with Gasteiger partial charge in [0, 0.05) is 13.0 Å². The molecule has 1 aromatic rings. The molecule has 1 fully saturated rings. The highest BCUT2D eigenvalue weighted by Gasteiger charge is 2.36. The van der Waals surface area contributed by atoms with Gasteiger partial charge in [-0.1, -0.05) is 0 Å². The molecule has 1 aliphatic heterocycles. The van der Waals surface area contributed by atoms with Crippen molar-refractivity contribution in [3.8, 4) is 0 Å². The first-order valence-electron chi connectivity index (χ1n) is 4.96. The van der Waals surface area contributed by atoms with E-state index < -0.39 is 11.8 Å². The average molecular weight is 236 g/mol. The van der Waals surface area contributed by atoms with Gasteiger partial charge < -0.3 is 22.1 Å². The molecule has 1 saturated heterocycles. The van der Waals surface area contributed by atoms with Gasteiger partial charge in [0.15, 0.2) is 11.6 Å². The number of nitrogen functional groups attached to an aromatic ring is 2. The fourth-order valence-corrected chi connectivity index (χ4v) is 1.80. The molecule has 0 radical (unpaired) electrons. The van der Waals surface area contributed by atoms with Gasteiger partial charge in [-0.05, 0) is 0 Å². The van der Waals surface area contributed by atoms with E-state index in [1.165, 1.54) is 11.2 Å². The molecule has 2 heterocycles. The summed E-state index contributed by atoms with van der Waals surface area (Å²) in [5.74, 6) is -1.09. The zero-order chi connectivity index (χ0) is 12.6. The maximum atomic E-state index is 11.7. The van der Waals surface area contributed by atoms with E-state index in [-0.39, 0.29) is 36.2 Å². The number of aromatic nitrogens is 2. The molecule has 2 rings (SSSR count). The van der Waals surface area contributed by atoms with E-state index in [2.05, 4.69) is 9.97 Å². The number of hydrogen-bond acceptors (Lipinski definition) is 6. The van der Waals surface area contributed by atoms with Crippen molar-refractivity contribution < 1.29 is 9.59 Å². The fraction of sp³-hybridized carbons (Fsp3) is 0.333. The van der Waals surface area contributed by atoms with Crippen molar-refractivity contribution in [2.24, 2.45) is 11.7 Å². The van der Waals surface area contributed by atoms with E-state index in [1.807, 2.05) is 0 Å². The van der Waals surface area contributed by atoms with Crippen LogP contribution < -0.4 is 22.1 Å². The SMILES string of the molecule is NC(=O)C1CC(=O)N(c2c(N)ncnc2N)C1. The lowest BCUT2D eigenvalue weighted by molar-refractivity contribution is -0.123. The Balaban J connectivity index is 2.35. The minimum absolute atomic E-state index is 0.0586. The van der Waals surface area contributed by atoms with Crippen LogP contribution in [0.3, 0.4) is 0 Å². The zero-order valence-electron chi connectivity index (χ0n) is 8.96. The van der Waals surface area contributed by atoms with Gasteiger partial charge in [0.25, 0.3) is 0 Å². The van der Waals surface area contributed by atoms with Crippen molar-refractivity contribution in [1.82, 2.24) is 9.97 Å². The molecule has 0 bridgehead atoms. The highest BCUT2D eigenvalue weighted by atomic mass is 16.2. The van der Waals surface area contributed by atoms with Crippen LogP contribution in [-0.4, -0.2) is 28.3 Å². The molecular weight excluding hydrogens is 224 g/mol. The predicted molar refractivity (Wildman–Crippen MR) is 60.5 cm³/mol. The van der Waals surface area contributed by atoms with Crippen LogP contribution in [0.1, 0.15) is 6.42 Å². The largest absolute Gasteiger partial charge is 0.382 e. The molecule has 1 unspecified atom stereocenters. The summed E-state index contributed by atoms with van der Waals surface area (Å²) in [6, 6.07) is 0. The standard InChI is InChI=1S/C9H12N6O2/c10-7-6(8(11)14-3-13-7)15-2-4(9(12)17)1-5(15)16/h3-4H,1-2H2,(H2,12,17)(H4,10,11,13,14). The molecule has 0 aromatic carbocycles. The minimum atomic E-state index is -0.526. The number of hydrogen-bond donors (Lipinski definition) is 3. The number of carbonyl (C=O) groups excluding carboxylic acids is 2.